The van der Waals surface area contributed by atoms with Crippen molar-refractivity contribution in [3.8, 4) is 0 Å². The molecule has 0 unspecified atom stereocenters. The molecule has 26 heavy (non-hydrogen) atoms. The van der Waals surface area contributed by atoms with Gasteiger partial charge in [0.1, 0.15) is 17.6 Å². The summed E-state index contributed by atoms with van der Waals surface area (Å²) in [6.45, 7) is 20.8. The Balaban J connectivity index is 0. The van der Waals surface area contributed by atoms with Crippen LogP contribution in [-0.2, 0) is 14.4 Å². The highest BCUT2D eigenvalue weighted by Gasteiger charge is 2.31. The van der Waals surface area contributed by atoms with Crippen molar-refractivity contribution >= 4 is 17.5 Å². The Hall–Kier alpha value is -1.23. The van der Waals surface area contributed by atoms with E-state index in [2.05, 4.69) is 5.32 Å². The van der Waals surface area contributed by atoms with Gasteiger partial charge in [0.15, 0.2) is 0 Å². The molecular weight excluding hydrogens is 330 g/mol. The predicted octanol–water partition coefficient (Wildman–Crippen LogP) is 4.48. The maximum absolute atomic E-state index is 11.6. The lowest BCUT2D eigenvalue weighted by Crippen LogP contribution is -2.48. The zero-order valence-corrected chi connectivity index (χ0v) is 18.7. The van der Waals surface area contributed by atoms with Crippen LogP contribution in [-0.4, -0.2) is 34.2 Å². The van der Waals surface area contributed by atoms with Crippen LogP contribution in [0.1, 0.15) is 89.0 Å². The molecule has 0 aliphatic heterocycles. The first-order valence-electron chi connectivity index (χ1n) is 9.34. The van der Waals surface area contributed by atoms with Gasteiger partial charge < -0.3 is 5.11 Å². The Kier molecular flexibility index (Phi) is 10.6. The van der Waals surface area contributed by atoms with Gasteiger partial charge in [-0.15, -0.1) is 0 Å². The Morgan fingerprint density at radius 2 is 1.35 bits per heavy atom. The number of aliphatic carboxylic acids is 1. The van der Waals surface area contributed by atoms with Crippen LogP contribution in [0, 0.1) is 16.7 Å². The molecule has 0 heterocycles. The van der Waals surface area contributed by atoms with Crippen LogP contribution in [0.4, 0.5) is 0 Å². The average molecular weight is 372 g/mol. The summed E-state index contributed by atoms with van der Waals surface area (Å²) in [5.41, 5.74) is -0.991. The van der Waals surface area contributed by atoms with E-state index in [1.54, 1.807) is 0 Å². The maximum Gasteiger partial charge on any atom is 0.320 e. The van der Waals surface area contributed by atoms with Crippen LogP contribution in [0.5, 0.6) is 0 Å². The summed E-state index contributed by atoms with van der Waals surface area (Å²) >= 11 is 0. The normalized spacial score (nSPS) is 13.7. The number of hydrogen-bond acceptors (Lipinski definition) is 4. The minimum absolute atomic E-state index is 0.0742. The SMILES string of the molecule is CC(=O)C(C)(C)CC(=O)C(C)(C)C.CC(C)C[C@H](NC(C)(C)C)C(=O)O. The van der Waals surface area contributed by atoms with Gasteiger partial charge in [-0.2, -0.15) is 0 Å². The van der Waals surface area contributed by atoms with E-state index >= 15 is 0 Å². The number of carbonyl (C=O) groups excluding carboxylic acids is 2. The van der Waals surface area contributed by atoms with Gasteiger partial charge in [-0.25, -0.2) is 0 Å². The molecule has 0 aromatic rings. The molecule has 0 aliphatic carbocycles. The van der Waals surface area contributed by atoms with E-state index < -0.39 is 17.4 Å². The van der Waals surface area contributed by atoms with Gasteiger partial charge in [-0.05, 0) is 40.0 Å². The first-order valence-corrected chi connectivity index (χ1v) is 9.34. The van der Waals surface area contributed by atoms with Crippen molar-refractivity contribution in [2.24, 2.45) is 16.7 Å². The first-order chi connectivity index (χ1) is 11.3. The van der Waals surface area contributed by atoms with Crippen molar-refractivity contribution in [3.05, 3.63) is 0 Å². The molecule has 5 nitrogen and oxygen atoms in total. The number of hydrogen-bond donors (Lipinski definition) is 2. The van der Waals surface area contributed by atoms with Crippen LogP contribution in [0.3, 0.4) is 0 Å². The van der Waals surface area contributed by atoms with Crippen molar-refractivity contribution in [3.63, 3.8) is 0 Å². The minimum atomic E-state index is -0.761. The number of carboxylic acid groups (broad SMARTS) is 1. The molecule has 0 aromatic heterocycles. The van der Waals surface area contributed by atoms with E-state index in [0.717, 1.165) is 0 Å². The maximum atomic E-state index is 11.6. The predicted molar refractivity (Wildman–Crippen MR) is 107 cm³/mol. The third kappa shape index (κ3) is 13.0. The van der Waals surface area contributed by atoms with E-state index in [4.69, 9.17) is 5.11 Å². The Morgan fingerprint density at radius 3 is 1.58 bits per heavy atom. The average Bonchev–Trinajstić information content (AvgIpc) is 2.34. The van der Waals surface area contributed by atoms with Crippen molar-refractivity contribution in [2.45, 2.75) is 101 Å². The zero-order chi connectivity index (χ0) is 21.5. The van der Waals surface area contributed by atoms with Crippen molar-refractivity contribution < 1.29 is 19.5 Å². The molecule has 1 atom stereocenters. The van der Waals surface area contributed by atoms with E-state index in [1.165, 1.54) is 6.92 Å². The summed E-state index contributed by atoms with van der Waals surface area (Å²) in [7, 11) is 0. The number of carbonyl (C=O) groups is 3. The summed E-state index contributed by atoms with van der Waals surface area (Å²) in [6, 6.07) is -0.431. The quantitative estimate of drug-likeness (QED) is 0.689. The second-order valence-corrected chi connectivity index (χ2v) is 10.2. The van der Waals surface area contributed by atoms with Crippen LogP contribution in [0.25, 0.3) is 0 Å². The molecule has 0 saturated carbocycles. The highest BCUT2D eigenvalue weighted by Crippen LogP contribution is 2.27. The topological polar surface area (TPSA) is 83.5 Å². The second-order valence-electron chi connectivity index (χ2n) is 10.2. The third-order valence-electron chi connectivity index (χ3n) is 4.00. The number of nitrogens with one attached hydrogen (secondary N) is 1. The largest absolute Gasteiger partial charge is 0.480 e. The summed E-state index contributed by atoms with van der Waals surface area (Å²) in [4.78, 5) is 33.7. The fourth-order valence-electron chi connectivity index (χ4n) is 2.01. The summed E-state index contributed by atoms with van der Waals surface area (Å²) < 4.78 is 0. The molecule has 0 bridgehead atoms. The minimum Gasteiger partial charge on any atom is -0.480 e. The van der Waals surface area contributed by atoms with Gasteiger partial charge in [-0.3, -0.25) is 19.7 Å². The fourth-order valence-corrected chi connectivity index (χ4v) is 2.01. The van der Waals surface area contributed by atoms with Crippen LogP contribution < -0.4 is 5.32 Å². The third-order valence-corrected chi connectivity index (χ3v) is 4.00. The molecule has 0 saturated heterocycles. The first kappa shape index (κ1) is 27.0. The lowest BCUT2D eigenvalue weighted by molar-refractivity contribution is -0.140. The summed E-state index contributed by atoms with van der Waals surface area (Å²) in [5.74, 6) is -0.141. The number of ketones is 2. The Labute approximate surface area is 160 Å². The molecule has 0 radical (unpaired) electrons. The number of rotatable bonds is 7. The highest BCUT2D eigenvalue weighted by atomic mass is 16.4. The molecule has 0 rings (SSSR count). The second kappa shape index (κ2) is 10.2. The fraction of sp³-hybridized carbons (Fsp3) is 0.857. The zero-order valence-electron chi connectivity index (χ0n) is 18.7. The van der Waals surface area contributed by atoms with Crippen LogP contribution in [0.15, 0.2) is 0 Å². The summed E-state index contributed by atoms with van der Waals surface area (Å²) in [5, 5.41) is 12.0. The molecule has 0 spiro atoms. The number of Topliss-reactive ketones (excluding diaryl/α,β-unsaturated/α-hetero) is 2. The lowest BCUT2D eigenvalue weighted by Gasteiger charge is -2.26. The summed E-state index contributed by atoms with van der Waals surface area (Å²) in [6.07, 6.45) is 1.01. The molecule has 0 fully saturated rings. The van der Waals surface area contributed by atoms with Gasteiger partial charge in [-0.1, -0.05) is 48.5 Å². The molecule has 0 aromatic carbocycles. The highest BCUT2D eigenvalue weighted by molar-refractivity contribution is 5.91. The van der Waals surface area contributed by atoms with Crippen LogP contribution in [0.2, 0.25) is 0 Å². The molecule has 0 aliphatic rings. The van der Waals surface area contributed by atoms with Gasteiger partial charge in [0.25, 0.3) is 0 Å². The van der Waals surface area contributed by atoms with Crippen molar-refractivity contribution in [1.29, 1.82) is 0 Å². The smallest absolute Gasteiger partial charge is 0.320 e. The lowest BCUT2D eigenvalue weighted by atomic mass is 9.77. The molecule has 0 amide bonds. The van der Waals surface area contributed by atoms with E-state index in [1.807, 2.05) is 69.2 Å². The monoisotopic (exact) mass is 371 g/mol. The van der Waals surface area contributed by atoms with E-state index in [0.29, 0.717) is 18.8 Å². The Bertz CT molecular complexity index is 479. The van der Waals surface area contributed by atoms with Crippen molar-refractivity contribution in [1.82, 2.24) is 5.32 Å². The molecule has 2 N–H and O–H groups in total. The van der Waals surface area contributed by atoms with E-state index in [9.17, 15) is 14.4 Å². The molecular formula is C21H41NO4. The van der Waals surface area contributed by atoms with E-state index in [-0.39, 0.29) is 22.5 Å². The number of carboxylic acids is 1. The van der Waals surface area contributed by atoms with Crippen molar-refractivity contribution in [2.75, 3.05) is 0 Å². The van der Waals surface area contributed by atoms with Gasteiger partial charge >= 0.3 is 5.97 Å². The van der Waals surface area contributed by atoms with Gasteiger partial charge in [0.2, 0.25) is 0 Å². The molecule has 5 heteroatoms. The van der Waals surface area contributed by atoms with Gasteiger partial charge in [0, 0.05) is 22.8 Å². The molecule has 154 valence electrons. The van der Waals surface area contributed by atoms with Crippen LogP contribution >= 0.6 is 0 Å². The standard InChI is InChI=1S/C11H20O2.C10H21NO2/c1-8(12)11(5,6)7-9(13)10(2,3)4;1-7(2)6-8(9(12)13)11-10(3,4)5/h7H2,1-6H3;7-8,11H,6H2,1-5H3,(H,12,13)/t;8-/m.0/s1. The van der Waals surface area contributed by atoms with Gasteiger partial charge in [0.05, 0.1) is 0 Å². The Morgan fingerprint density at radius 1 is 0.923 bits per heavy atom.